The SMILES string of the molecule is NS(=O)(=O)c1cc2c(cc1Cl)NCN(C[C@H](CO[N+](=O)[O-])O[N+](=O)[O-])S2(=O)=O. The number of hydrogen-bond acceptors (Lipinski definition) is 11. The molecule has 0 spiro atoms. The average molecular weight is 462 g/mol. The van der Waals surface area contributed by atoms with Crippen molar-refractivity contribution >= 4 is 37.3 Å². The molecule has 0 amide bonds. The third-order valence-corrected chi connectivity index (χ3v) is 6.64. The Bertz CT molecular complexity index is 1010. The summed E-state index contributed by atoms with van der Waals surface area (Å²) in [6, 6.07) is 1.78. The van der Waals surface area contributed by atoms with Gasteiger partial charge in [-0.05, 0) is 12.1 Å². The van der Waals surface area contributed by atoms with E-state index in [2.05, 4.69) is 15.0 Å². The second-order valence-electron chi connectivity index (χ2n) is 5.27. The van der Waals surface area contributed by atoms with Crippen LogP contribution >= 0.6 is 11.6 Å². The molecule has 1 aromatic carbocycles. The molecule has 1 heterocycles. The van der Waals surface area contributed by atoms with E-state index >= 15 is 0 Å². The maximum atomic E-state index is 12.8. The van der Waals surface area contributed by atoms with E-state index in [1.807, 2.05) is 0 Å². The van der Waals surface area contributed by atoms with Gasteiger partial charge >= 0.3 is 0 Å². The highest BCUT2D eigenvalue weighted by atomic mass is 35.5. The molecular formula is C10H12ClN5O10S2. The average Bonchev–Trinajstić information content (AvgIpc) is 2.53. The zero-order valence-electron chi connectivity index (χ0n) is 13.5. The van der Waals surface area contributed by atoms with E-state index in [0.29, 0.717) is 4.31 Å². The summed E-state index contributed by atoms with van der Waals surface area (Å²) in [5, 5.41) is 25.6. The Morgan fingerprint density at radius 3 is 2.50 bits per heavy atom. The van der Waals surface area contributed by atoms with Gasteiger partial charge in [-0.15, -0.1) is 20.2 Å². The van der Waals surface area contributed by atoms with Crippen LogP contribution < -0.4 is 10.5 Å². The first-order chi connectivity index (χ1) is 12.8. The minimum Gasteiger partial charge on any atom is -0.370 e. The normalized spacial score (nSPS) is 17.1. The predicted molar refractivity (Wildman–Crippen MR) is 90.0 cm³/mol. The van der Waals surface area contributed by atoms with E-state index in [0.717, 1.165) is 12.1 Å². The summed E-state index contributed by atoms with van der Waals surface area (Å²) in [6.45, 7) is -2.04. The molecule has 1 aliphatic rings. The topological polar surface area (TPSA) is 214 Å². The van der Waals surface area contributed by atoms with E-state index in [9.17, 15) is 37.1 Å². The first kappa shape index (κ1) is 21.8. The Morgan fingerprint density at radius 2 is 1.96 bits per heavy atom. The fourth-order valence-corrected chi connectivity index (χ4v) is 5.00. The molecule has 18 heteroatoms. The van der Waals surface area contributed by atoms with Crippen LogP contribution in [0.15, 0.2) is 21.9 Å². The second-order valence-corrected chi connectivity index (χ2v) is 9.11. The van der Waals surface area contributed by atoms with Gasteiger partial charge < -0.3 is 15.0 Å². The van der Waals surface area contributed by atoms with Crippen molar-refractivity contribution in [1.29, 1.82) is 0 Å². The van der Waals surface area contributed by atoms with E-state index in [-0.39, 0.29) is 10.7 Å². The molecule has 28 heavy (non-hydrogen) atoms. The lowest BCUT2D eigenvalue weighted by Gasteiger charge is -2.31. The second kappa shape index (κ2) is 7.87. The van der Waals surface area contributed by atoms with Crippen LogP contribution in [0.4, 0.5) is 5.69 Å². The molecule has 3 N–H and O–H groups in total. The molecule has 2 rings (SSSR count). The Labute approximate surface area is 162 Å². The summed E-state index contributed by atoms with van der Waals surface area (Å²) in [5.41, 5.74) is -0.0260. The van der Waals surface area contributed by atoms with E-state index < -0.39 is 65.9 Å². The minimum atomic E-state index is -4.39. The maximum Gasteiger partial charge on any atom is 0.294 e. The molecule has 0 bridgehead atoms. The summed E-state index contributed by atoms with van der Waals surface area (Å²) in [7, 11) is -8.73. The van der Waals surface area contributed by atoms with Crippen molar-refractivity contribution in [2.75, 3.05) is 25.1 Å². The number of nitrogens with zero attached hydrogens (tertiary/aromatic N) is 3. The number of halogens is 1. The van der Waals surface area contributed by atoms with E-state index in [1.165, 1.54) is 0 Å². The van der Waals surface area contributed by atoms with Gasteiger partial charge in [-0.3, -0.25) is 0 Å². The first-order valence-corrected chi connectivity index (χ1v) is 10.4. The molecule has 0 unspecified atom stereocenters. The molecule has 1 aromatic rings. The van der Waals surface area contributed by atoms with Crippen molar-refractivity contribution in [1.82, 2.24) is 4.31 Å². The quantitative estimate of drug-likeness (QED) is 0.358. The lowest BCUT2D eigenvalue weighted by molar-refractivity contribution is -0.789. The van der Waals surface area contributed by atoms with Crippen molar-refractivity contribution in [3.05, 3.63) is 37.4 Å². The molecule has 0 saturated carbocycles. The Kier molecular flexibility index (Phi) is 6.14. The van der Waals surface area contributed by atoms with Crippen LogP contribution in [-0.4, -0.2) is 57.2 Å². The van der Waals surface area contributed by atoms with Crippen LogP contribution in [-0.2, 0) is 29.7 Å². The molecule has 15 nitrogen and oxygen atoms in total. The van der Waals surface area contributed by atoms with Crippen LogP contribution in [0, 0.1) is 20.2 Å². The molecule has 1 aliphatic heterocycles. The van der Waals surface area contributed by atoms with Gasteiger partial charge in [-0.25, -0.2) is 22.0 Å². The molecule has 1 atom stereocenters. The van der Waals surface area contributed by atoms with Crippen molar-refractivity contribution in [2.24, 2.45) is 5.14 Å². The summed E-state index contributed by atoms with van der Waals surface area (Å²) in [6.07, 6.45) is -1.64. The molecule has 0 fully saturated rings. The number of rotatable bonds is 8. The molecule has 0 aromatic heterocycles. The Balaban J connectivity index is 2.37. The van der Waals surface area contributed by atoms with Crippen LogP contribution in [0.25, 0.3) is 0 Å². The largest absolute Gasteiger partial charge is 0.370 e. The number of anilines is 1. The molecule has 0 aliphatic carbocycles. The predicted octanol–water partition coefficient (Wildman–Crippen LogP) is -0.854. The van der Waals surface area contributed by atoms with Crippen LogP contribution in [0.5, 0.6) is 0 Å². The Hall–Kier alpha value is -2.47. The Morgan fingerprint density at radius 1 is 1.32 bits per heavy atom. The van der Waals surface area contributed by atoms with E-state index in [1.54, 1.807) is 0 Å². The standard InChI is InChI=1S/C10H12ClN5O10S2/c11-7-1-8-10(2-9(7)27(12,21)22)28(23,24)14(5-13-8)3-6(26-16(19)20)4-25-15(17)18/h1-2,6,13H,3-5H2,(H2,12,21,22)/t6-/m1/s1. The van der Waals surface area contributed by atoms with Crippen LogP contribution in [0.1, 0.15) is 0 Å². The van der Waals surface area contributed by atoms with Crippen molar-refractivity contribution < 1.29 is 36.7 Å². The van der Waals surface area contributed by atoms with Gasteiger partial charge in [-0.1, -0.05) is 11.6 Å². The highest BCUT2D eigenvalue weighted by Gasteiger charge is 2.36. The molecule has 156 valence electrons. The van der Waals surface area contributed by atoms with Crippen molar-refractivity contribution in [3.63, 3.8) is 0 Å². The lowest BCUT2D eigenvalue weighted by Crippen LogP contribution is -2.46. The van der Waals surface area contributed by atoms with Gasteiger partial charge in [0.25, 0.3) is 10.2 Å². The van der Waals surface area contributed by atoms with Gasteiger partial charge in [0.15, 0.2) is 0 Å². The van der Waals surface area contributed by atoms with Crippen molar-refractivity contribution in [2.45, 2.75) is 15.9 Å². The highest BCUT2D eigenvalue weighted by Crippen LogP contribution is 2.35. The number of benzene rings is 1. The zero-order chi connectivity index (χ0) is 21.3. The van der Waals surface area contributed by atoms with Crippen LogP contribution in [0.3, 0.4) is 0 Å². The molecular weight excluding hydrogens is 450 g/mol. The van der Waals surface area contributed by atoms with Crippen LogP contribution in [0.2, 0.25) is 5.02 Å². The fourth-order valence-electron chi connectivity index (χ4n) is 2.27. The maximum absolute atomic E-state index is 12.8. The smallest absolute Gasteiger partial charge is 0.294 e. The summed E-state index contributed by atoms with van der Waals surface area (Å²) >= 11 is 5.80. The number of fused-ring (bicyclic) bond motifs is 1. The van der Waals surface area contributed by atoms with Gasteiger partial charge in [0, 0.05) is 6.54 Å². The van der Waals surface area contributed by atoms with Crippen molar-refractivity contribution in [3.8, 4) is 0 Å². The number of hydrogen-bond donors (Lipinski definition) is 2. The van der Waals surface area contributed by atoms with Gasteiger partial charge in [0.05, 0.1) is 17.4 Å². The summed E-state index contributed by atoms with van der Waals surface area (Å²) in [5.74, 6) is 0. The fraction of sp³-hybridized carbons (Fsp3) is 0.400. The van der Waals surface area contributed by atoms with Gasteiger partial charge in [0.2, 0.25) is 20.0 Å². The number of nitrogens with one attached hydrogen (secondary N) is 1. The zero-order valence-corrected chi connectivity index (χ0v) is 15.9. The third kappa shape index (κ3) is 4.87. The molecule has 0 radical (unpaired) electrons. The molecule has 0 saturated heterocycles. The van der Waals surface area contributed by atoms with E-state index in [4.69, 9.17) is 16.7 Å². The number of primary sulfonamides is 1. The van der Waals surface area contributed by atoms with Gasteiger partial charge in [0.1, 0.15) is 22.5 Å². The monoisotopic (exact) mass is 461 g/mol. The minimum absolute atomic E-state index is 0.0260. The number of nitrogens with two attached hydrogens (primary N) is 1. The first-order valence-electron chi connectivity index (χ1n) is 7.01. The van der Waals surface area contributed by atoms with Gasteiger partial charge in [-0.2, -0.15) is 4.31 Å². The summed E-state index contributed by atoms with van der Waals surface area (Å²) in [4.78, 5) is 27.8. The third-order valence-electron chi connectivity index (χ3n) is 3.41. The highest BCUT2D eigenvalue weighted by molar-refractivity contribution is 7.90. The number of sulfonamides is 2. The summed E-state index contributed by atoms with van der Waals surface area (Å²) < 4.78 is 49.3. The lowest BCUT2D eigenvalue weighted by atomic mass is 10.3.